The molecule has 2 N–H and O–H groups in total. The average molecular weight is 392 g/mol. The molecule has 8 heteroatoms. The Bertz CT molecular complexity index is 775. The smallest absolute Gasteiger partial charge is 0.269 e. The molecule has 2 aromatic carbocycles. The third kappa shape index (κ3) is 4.91. The number of nitrogens with one attached hydrogen (secondary N) is 2. The van der Waals surface area contributed by atoms with Crippen molar-refractivity contribution in [1.29, 1.82) is 0 Å². The number of piperazine rings is 1. The van der Waals surface area contributed by atoms with Gasteiger partial charge in [-0.25, -0.2) is 0 Å². The zero-order chi connectivity index (χ0) is 18.5. The molecule has 0 aromatic heterocycles. The van der Waals surface area contributed by atoms with Crippen molar-refractivity contribution in [2.45, 2.75) is 6.54 Å². The summed E-state index contributed by atoms with van der Waals surface area (Å²) in [5.41, 5.74) is 2.11. The van der Waals surface area contributed by atoms with Crippen LogP contribution in [0.5, 0.6) is 0 Å². The van der Waals surface area contributed by atoms with Crippen LogP contribution in [0.4, 0.5) is 11.4 Å². The van der Waals surface area contributed by atoms with E-state index in [0.29, 0.717) is 5.11 Å². The summed E-state index contributed by atoms with van der Waals surface area (Å²) in [5, 5.41) is 15.3. The number of rotatable bonds is 4. The van der Waals surface area contributed by atoms with Gasteiger partial charge in [-0.15, -0.1) is 0 Å². The van der Waals surface area contributed by atoms with Crippen LogP contribution in [0, 0.1) is 10.1 Å². The summed E-state index contributed by atoms with van der Waals surface area (Å²) in [4.78, 5) is 13.9. The molecule has 0 aliphatic carbocycles. The van der Waals surface area contributed by atoms with Gasteiger partial charge in [0.2, 0.25) is 0 Å². The molecule has 0 unspecified atom stereocenters. The molecular formula is C18H20ClN4O2S+. The molecule has 1 saturated heterocycles. The van der Waals surface area contributed by atoms with Crippen LogP contribution >= 0.6 is 23.8 Å². The summed E-state index contributed by atoms with van der Waals surface area (Å²) >= 11 is 11.4. The third-order valence-electron chi connectivity index (χ3n) is 4.45. The van der Waals surface area contributed by atoms with Crippen molar-refractivity contribution < 1.29 is 9.82 Å². The number of nitrogens with zero attached hydrogens (tertiary/aromatic N) is 2. The first-order chi connectivity index (χ1) is 12.5. The molecule has 1 aliphatic rings. The Labute approximate surface area is 162 Å². The lowest BCUT2D eigenvalue weighted by Gasteiger charge is -2.33. The highest BCUT2D eigenvalue weighted by molar-refractivity contribution is 7.80. The highest BCUT2D eigenvalue weighted by Gasteiger charge is 2.22. The van der Waals surface area contributed by atoms with Gasteiger partial charge in [0.05, 0.1) is 31.1 Å². The van der Waals surface area contributed by atoms with Crippen molar-refractivity contribution in [3.63, 3.8) is 0 Å². The normalized spacial score (nSPS) is 14.9. The molecule has 6 nitrogen and oxygen atoms in total. The van der Waals surface area contributed by atoms with Gasteiger partial charge in [0.15, 0.2) is 5.11 Å². The van der Waals surface area contributed by atoms with E-state index in [4.69, 9.17) is 23.8 Å². The summed E-state index contributed by atoms with van der Waals surface area (Å²) in [6.45, 7) is 4.74. The Balaban J connectivity index is 1.48. The quantitative estimate of drug-likeness (QED) is 0.476. The lowest BCUT2D eigenvalue weighted by molar-refractivity contribution is -0.917. The van der Waals surface area contributed by atoms with Crippen LogP contribution in [0.2, 0.25) is 5.02 Å². The molecule has 3 rings (SSSR count). The van der Waals surface area contributed by atoms with Gasteiger partial charge in [-0.1, -0.05) is 23.7 Å². The van der Waals surface area contributed by atoms with Crippen LogP contribution < -0.4 is 10.2 Å². The molecule has 136 valence electrons. The maximum Gasteiger partial charge on any atom is 0.269 e. The second kappa shape index (κ2) is 8.44. The number of non-ortho nitro benzene ring substituents is 1. The molecule has 1 fully saturated rings. The number of benzene rings is 2. The lowest BCUT2D eigenvalue weighted by atomic mass is 10.2. The molecule has 0 radical (unpaired) electrons. The van der Waals surface area contributed by atoms with E-state index in [1.165, 1.54) is 22.6 Å². The topological polar surface area (TPSA) is 62.9 Å². The lowest BCUT2D eigenvalue weighted by Crippen LogP contribution is -3.13. The van der Waals surface area contributed by atoms with Gasteiger partial charge in [0, 0.05) is 28.4 Å². The Hall–Kier alpha value is -2.22. The summed E-state index contributed by atoms with van der Waals surface area (Å²) in [7, 11) is 0. The number of quaternary nitrogens is 1. The second-order valence-corrected chi connectivity index (χ2v) is 7.10. The van der Waals surface area contributed by atoms with Crippen LogP contribution in [0.1, 0.15) is 5.56 Å². The van der Waals surface area contributed by atoms with Gasteiger partial charge < -0.3 is 15.1 Å². The molecule has 0 saturated carbocycles. The fourth-order valence-corrected chi connectivity index (χ4v) is 3.39. The predicted molar refractivity (Wildman–Crippen MR) is 107 cm³/mol. The Kier molecular flexibility index (Phi) is 6.03. The van der Waals surface area contributed by atoms with Gasteiger partial charge in [0.25, 0.3) is 5.69 Å². The largest absolute Gasteiger partial charge is 0.338 e. The fraction of sp³-hybridized carbons (Fsp3) is 0.278. The summed E-state index contributed by atoms with van der Waals surface area (Å²) in [6, 6.07) is 14.3. The number of nitro groups is 1. The van der Waals surface area contributed by atoms with Gasteiger partial charge in [-0.3, -0.25) is 10.1 Å². The monoisotopic (exact) mass is 391 g/mol. The standard InChI is InChI=1S/C18H19ClN4O2S/c19-15-3-1-14(2-4-15)13-21-9-11-22(12-10-21)18(26)20-16-5-7-17(8-6-16)23(24)25/h1-8H,9-13H2,(H,20,26)/p+1. The first-order valence-electron chi connectivity index (χ1n) is 8.39. The highest BCUT2D eigenvalue weighted by Crippen LogP contribution is 2.16. The van der Waals surface area contributed by atoms with Gasteiger partial charge in [0.1, 0.15) is 6.54 Å². The number of hydrogen-bond acceptors (Lipinski definition) is 3. The van der Waals surface area contributed by atoms with Crippen molar-refractivity contribution in [1.82, 2.24) is 4.90 Å². The van der Waals surface area contributed by atoms with Crippen LogP contribution in [0.25, 0.3) is 0 Å². The minimum Gasteiger partial charge on any atom is -0.338 e. The molecule has 26 heavy (non-hydrogen) atoms. The van der Waals surface area contributed by atoms with Crippen molar-refractivity contribution in [3.8, 4) is 0 Å². The summed E-state index contributed by atoms with van der Waals surface area (Å²) in [6.07, 6.45) is 0. The highest BCUT2D eigenvalue weighted by atomic mass is 35.5. The molecule has 0 bridgehead atoms. The SMILES string of the molecule is O=[N+]([O-])c1ccc(NC(=S)N2CC[NH+](Cc3ccc(Cl)cc3)CC2)cc1. The minimum atomic E-state index is -0.412. The van der Waals surface area contributed by atoms with E-state index in [1.807, 2.05) is 12.1 Å². The van der Waals surface area contributed by atoms with Crippen LogP contribution in [0.15, 0.2) is 48.5 Å². The Morgan fingerprint density at radius 2 is 1.77 bits per heavy atom. The van der Waals surface area contributed by atoms with Crippen LogP contribution in [-0.2, 0) is 6.54 Å². The van der Waals surface area contributed by atoms with Crippen molar-refractivity contribution in [2.75, 3.05) is 31.5 Å². The number of anilines is 1. The molecule has 1 aliphatic heterocycles. The maximum atomic E-state index is 10.7. The van der Waals surface area contributed by atoms with Crippen LogP contribution in [0.3, 0.4) is 0 Å². The number of hydrogen-bond donors (Lipinski definition) is 2. The second-order valence-electron chi connectivity index (χ2n) is 6.27. The van der Waals surface area contributed by atoms with E-state index in [2.05, 4.69) is 22.3 Å². The molecule has 1 heterocycles. The van der Waals surface area contributed by atoms with E-state index in [0.717, 1.165) is 43.4 Å². The van der Waals surface area contributed by atoms with Gasteiger partial charge in [-0.05, 0) is 36.5 Å². The molecule has 0 amide bonds. The van der Waals surface area contributed by atoms with Crippen LogP contribution in [-0.4, -0.2) is 41.1 Å². The van der Waals surface area contributed by atoms with Gasteiger partial charge >= 0.3 is 0 Å². The number of nitro benzene ring substituents is 1. The third-order valence-corrected chi connectivity index (χ3v) is 5.07. The minimum absolute atomic E-state index is 0.0703. The van der Waals surface area contributed by atoms with Crippen molar-refractivity contribution >= 4 is 40.3 Å². The zero-order valence-corrected chi connectivity index (χ0v) is 15.7. The molecule has 0 atom stereocenters. The fourth-order valence-electron chi connectivity index (χ4n) is 2.96. The van der Waals surface area contributed by atoms with E-state index in [1.54, 1.807) is 12.1 Å². The zero-order valence-electron chi connectivity index (χ0n) is 14.2. The first kappa shape index (κ1) is 18.6. The maximum absolute atomic E-state index is 10.7. The number of thiocarbonyl (C=S) groups is 1. The Morgan fingerprint density at radius 3 is 2.35 bits per heavy atom. The first-order valence-corrected chi connectivity index (χ1v) is 9.18. The Morgan fingerprint density at radius 1 is 1.15 bits per heavy atom. The van der Waals surface area contributed by atoms with E-state index >= 15 is 0 Å². The van der Waals surface area contributed by atoms with E-state index in [9.17, 15) is 10.1 Å². The average Bonchev–Trinajstić information content (AvgIpc) is 2.64. The van der Waals surface area contributed by atoms with E-state index in [-0.39, 0.29) is 5.69 Å². The number of halogens is 1. The van der Waals surface area contributed by atoms with E-state index < -0.39 is 4.92 Å². The van der Waals surface area contributed by atoms with Gasteiger partial charge in [-0.2, -0.15) is 0 Å². The van der Waals surface area contributed by atoms with Crippen molar-refractivity contribution in [2.24, 2.45) is 0 Å². The predicted octanol–water partition coefficient (Wildman–Crippen LogP) is 2.35. The molecule has 0 spiro atoms. The molecular weight excluding hydrogens is 372 g/mol. The summed E-state index contributed by atoms with van der Waals surface area (Å²) < 4.78 is 0. The molecule has 2 aromatic rings. The summed E-state index contributed by atoms with van der Waals surface area (Å²) in [5.74, 6) is 0. The van der Waals surface area contributed by atoms with Crippen molar-refractivity contribution in [3.05, 3.63) is 69.2 Å².